The molecule has 2 aromatic rings. The Kier molecular flexibility index (Phi) is 5.01. The van der Waals surface area contributed by atoms with Gasteiger partial charge in [0.2, 0.25) is 10.0 Å². The summed E-state index contributed by atoms with van der Waals surface area (Å²) in [6.07, 6.45) is 2.97. The Hall–Kier alpha value is -2.12. The number of para-hydroxylation sites is 2. The molecule has 0 saturated carbocycles. The van der Waals surface area contributed by atoms with E-state index in [-0.39, 0.29) is 4.90 Å². The zero-order chi connectivity index (χ0) is 17.0. The molecule has 0 amide bonds. The lowest BCUT2D eigenvalue weighted by molar-refractivity contribution is 0.337. The number of aromatic nitrogens is 1. The van der Waals surface area contributed by atoms with Gasteiger partial charge in [0.05, 0.1) is 12.3 Å². The van der Waals surface area contributed by atoms with Gasteiger partial charge < -0.3 is 9.64 Å². The molecule has 6 nitrogen and oxygen atoms in total. The van der Waals surface area contributed by atoms with Gasteiger partial charge in [0.1, 0.15) is 10.6 Å². The van der Waals surface area contributed by atoms with Crippen LogP contribution in [0.15, 0.2) is 53.7 Å². The first-order valence-corrected chi connectivity index (χ1v) is 9.44. The molecule has 24 heavy (non-hydrogen) atoms. The molecule has 0 N–H and O–H groups in total. The molecule has 0 spiro atoms. The first-order valence-electron chi connectivity index (χ1n) is 8.00. The molecule has 0 atom stereocenters. The number of sulfonamides is 1. The van der Waals surface area contributed by atoms with Gasteiger partial charge in [0, 0.05) is 38.6 Å². The van der Waals surface area contributed by atoms with Crippen LogP contribution in [-0.4, -0.2) is 50.5 Å². The summed E-state index contributed by atoms with van der Waals surface area (Å²) in [6.45, 7) is 4.70. The van der Waals surface area contributed by atoms with Crippen molar-refractivity contribution in [3.05, 3.63) is 48.8 Å². The van der Waals surface area contributed by atoms with Crippen molar-refractivity contribution in [1.82, 2.24) is 9.29 Å². The average molecular weight is 347 g/mol. The highest BCUT2D eigenvalue weighted by atomic mass is 32.2. The largest absolute Gasteiger partial charge is 0.492 e. The van der Waals surface area contributed by atoms with E-state index in [4.69, 9.17) is 4.74 Å². The maximum Gasteiger partial charge on any atom is 0.244 e. The fourth-order valence-electron chi connectivity index (χ4n) is 2.81. The number of anilines is 1. The van der Waals surface area contributed by atoms with Crippen molar-refractivity contribution in [2.45, 2.75) is 11.8 Å². The van der Waals surface area contributed by atoms with Crippen LogP contribution in [-0.2, 0) is 10.0 Å². The number of hydrogen-bond donors (Lipinski definition) is 0. The molecule has 0 aliphatic carbocycles. The molecule has 3 rings (SSSR count). The number of pyridine rings is 1. The highest BCUT2D eigenvalue weighted by Gasteiger charge is 2.29. The number of nitrogens with zero attached hydrogens (tertiary/aromatic N) is 3. The van der Waals surface area contributed by atoms with Gasteiger partial charge in [-0.05, 0) is 31.2 Å². The van der Waals surface area contributed by atoms with Crippen LogP contribution in [0.4, 0.5) is 5.69 Å². The maximum absolute atomic E-state index is 12.6. The van der Waals surface area contributed by atoms with Crippen LogP contribution in [0, 0.1) is 0 Å². The van der Waals surface area contributed by atoms with Crippen molar-refractivity contribution in [2.24, 2.45) is 0 Å². The van der Waals surface area contributed by atoms with Crippen molar-refractivity contribution in [3.8, 4) is 5.75 Å². The van der Waals surface area contributed by atoms with Crippen LogP contribution in [0.5, 0.6) is 5.75 Å². The van der Waals surface area contributed by atoms with Crippen molar-refractivity contribution in [2.75, 3.05) is 37.7 Å². The van der Waals surface area contributed by atoms with Crippen LogP contribution >= 0.6 is 0 Å². The quantitative estimate of drug-likeness (QED) is 0.828. The molecule has 128 valence electrons. The highest BCUT2D eigenvalue weighted by Crippen LogP contribution is 2.29. The molecule has 0 bridgehead atoms. The van der Waals surface area contributed by atoms with E-state index < -0.39 is 10.0 Å². The Morgan fingerprint density at radius 1 is 1.08 bits per heavy atom. The molecular weight excluding hydrogens is 326 g/mol. The number of hydrogen-bond acceptors (Lipinski definition) is 5. The predicted molar refractivity (Wildman–Crippen MR) is 92.8 cm³/mol. The van der Waals surface area contributed by atoms with Gasteiger partial charge in [-0.1, -0.05) is 12.1 Å². The standard InChI is InChI=1S/C17H21N3O3S/c1-2-23-17-8-4-3-7-16(17)19-10-12-20(13-11-19)24(21,22)15-6-5-9-18-14-15/h3-9,14H,2,10-13H2,1H3. The van der Waals surface area contributed by atoms with E-state index in [0.717, 1.165) is 11.4 Å². The third-order valence-electron chi connectivity index (χ3n) is 4.02. The molecule has 2 heterocycles. The van der Waals surface area contributed by atoms with Crippen LogP contribution in [0.1, 0.15) is 6.92 Å². The van der Waals surface area contributed by atoms with Gasteiger partial charge in [-0.15, -0.1) is 0 Å². The van der Waals surface area contributed by atoms with Crippen LogP contribution in [0.3, 0.4) is 0 Å². The highest BCUT2D eigenvalue weighted by molar-refractivity contribution is 7.89. The Morgan fingerprint density at radius 3 is 2.50 bits per heavy atom. The van der Waals surface area contributed by atoms with Gasteiger partial charge in [-0.3, -0.25) is 4.98 Å². The van der Waals surface area contributed by atoms with E-state index in [0.29, 0.717) is 32.8 Å². The molecule has 1 aromatic carbocycles. The molecule has 0 radical (unpaired) electrons. The normalized spacial score (nSPS) is 16.1. The smallest absolute Gasteiger partial charge is 0.244 e. The first kappa shape index (κ1) is 16.7. The zero-order valence-electron chi connectivity index (χ0n) is 13.6. The van der Waals surface area contributed by atoms with Gasteiger partial charge in [-0.25, -0.2) is 8.42 Å². The van der Waals surface area contributed by atoms with E-state index in [1.807, 2.05) is 31.2 Å². The fraction of sp³-hybridized carbons (Fsp3) is 0.353. The van der Waals surface area contributed by atoms with Crippen molar-refractivity contribution < 1.29 is 13.2 Å². The summed E-state index contributed by atoms with van der Waals surface area (Å²) in [7, 11) is -3.48. The Balaban J connectivity index is 1.73. The summed E-state index contributed by atoms with van der Waals surface area (Å²) in [4.78, 5) is 6.32. The minimum absolute atomic E-state index is 0.244. The molecule has 1 saturated heterocycles. The average Bonchev–Trinajstić information content (AvgIpc) is 2.63. The van der Waals surface area contributed by atoms with E-state index in [1.165, 1.54) is 10.5 Å². The lowest BCUT2D eigenvalue weighted by Gasteiger charge is -2.36. The van der Waals surface area contributed by atoms with E-state index in [1.54, 1.807) is 18.3 Å². The summed E-state index contributed by atoms with van der Waals surface area (Å²) in [5.74, 6) is 0.837. The maximum atomic E-state index is 12.6. The Bertz CT molecular complexity index is 773. The van der Waals surface area contributed by atoms with Gasteiger partial charge in [0.25, 0.3) is 0 Å². The van der Waals surface area contributed by atoms with Crippen LogP contribution in [0.2, 0.25) is 0 Å². The van der Waals surface area contributed by atoms with Crippen molar-refractivity contribution in [1.29, 1.82) is 0 Å². The summed E-state index contributed by atoms with van der Waals surface area (Å²) in [5.41, 5.74) is 1.01. The molecule has 0 unspecified atom stereocenters. The first-order chi connectivity index (χ1) is 11.6. The lowest BCUT2D eigenvalue weighted by atomic mass is 10.2. The second-order valence-electron chi connectivity index (χ2n) is 5.48. The van der Waals surface area contributed by atoms with Crippen LogP contribution in [0.25, 0.3) is 0 Å². The molecule has 1 aliphatic heterocycles. The number of ether oxygens (including phenoxy) is 1. The van der Waals surface area contributed by atoms with E-state index in [2.05, 4.69) is 9.88 Å². The number of benzene rings is 1. The second-order valence-corrected chi connectivity index (χ2v) is 7.42. The Labute approximate surface area is 142 Å². The summed E-state index contributed by atoms with van der Waals surface area (Å²) in [6, 6.07) is 11.1. The molecule has 1 fully saturated rings. The predicted octanol–water partition coefficient (Wildman–Crippen LogP) is 1.99. The topological polar surface area (TPSA) is 62.7 Å². The lowest BCUT2D eigenvalue weighted by Crippen LogP contribution is -2.48. The monoisotopic (exact) mass is 347 g/mol. The third-order valence-corrected chi connectivity index (χ3v) is 5.90. The molecular formula is C17H21N3O3S. The summed E-state index contributed by atoms with van der Waals surface area (Å²) >= 11 is 0. The second kappa shape index (κ2) is 7.19. The Morgan fingerprint density at radius 2 is 1.83 bits per heavy atom. The van der Waals surface area contributed by atoms with E-state index in [9.17, 15) is 8.42 Å². The SMILES string of the molecule is CCOc1ccccc1N1CCN(S(=O)(=O)c2cccnc2)CC1. The summed E-state index contributed by atoms with van der Waals surface area (Å²) < 4.78 is 32.5. The molecule has 1 aliphatic rings. The van der Waals surface area contributed by atoms with Gasteiger partial charge in [0.15, 0.2) is 0 Å². The van der Waals surface area contributed by atoms with E-state index >= 15 is 0 Å². The van der Waals surface area contributed by atoms with Gasteiger partial charge in [-0.2, -0.15) is 4.31 Å². The summed E-state index contributed by atoms with van der Waals surface area (Å²) in [5, 5.41) is 0. The molecule has 1 aromatic heterocycles. The minimum Gasteiger partial charge on any atom is -0.492 e. The minimum atomic E-state index is -3.48. The zero-order valence-corrected chi connectivity index (χ0v) is 14.4. The van der Waals surface area contributed by atoms with Gasteiger partial charge >= 0.3 is 0 Å². The van der Waals surface area contributed by atoms with Crippen LogP contribution < -0.4 is 9.64 Å². The third kappa shape index (κ3) is 3.37. The molecule has 7 heteroatoms. The number of piperazine rings is 1. The van der Waals surface area contributed by atoms with Crippen molar-refractivity contribution in [3.63, 3.8) is 0 Å². The fourth-order valence-corrected chi connectivity index (χ4v) is 4.20. The number of rotatable bonds is 5. The van der Waals surface area contributed by atoms with Crippen molar-refractivity contribution >= 4 is 15.7 Å².